The van der Waals surface area contributed by atoms with Crippen molar-refractivity contribution in [1.82, 2.24) is 0 Å². The molecule has 0 aliphatic rings. The normalized spacial score (nSPS) is 15.1. The predicted octanol–water partition coefficient (Wildman–Crippen LogP) is 6.26. The Balaban J connectivity index is 5.85. The van der Waals surface area contributed by atoms with Gasteiger partial charge in [0.2, 0.25) is 0 Å². The molecule has 0 spiro atoms. The first-order chi connectivity index (χ1) is 13.3. The Kier molecular flexibility index (Phi) is 7.77. The average molecular weight is 496 g/mol. The van der Waals surface area contributed by atoms with Crippen LogP contribution in [0.5, 0.6) is 0 Å². The van der Waals surface area contributed by atoms with Crippen molar-refractivity contribution in [1.29, 1.82) is 0 Å². The minimum absolute atomic E-state index is 0.396. The zero-order valence-electron chi connectivity index (χ0n) is 14.8. The first-order valence-corrected chi connectivity index (χ1v) is 7.45. The number of esters is 1. The van der Waals surface area contributed by atoms with Gasteiger partial charge in [0.25, 0.3) is 5.92 Å². The summed E-state index contributed by atoms with van der Waals surface area (Å²) < 4.78 is 198. The molecule has 17 heteroatoms. The molecule has 0 radical (unpaired) electrons. The molecule has 0 aromatic rings. The molecule has 0 rings (SSSR count). The van der Waals surface area contributed by atoms with Crippen LogP contribution in [0.4, 0.5) is 65.9 Å². The first kappa shape index (κ1) is 29.2. The number of rotatable bonds is 10. The van der Waals surface area contributed by atoms with E-state index >= 15 is 0 Å². The molecule has 0 aliphatic carbocycles. The van der Waals surface area contributed by atoms with E-state index in [0.717, 1.165) is 6.92 Å². The SMILES string of the molecule is C=C(C)C(=O)OCCC(F)(F)CC(F)(F)C(F)(F)C(F)(F)C(F)(F)C(F)(F)C(F)(F)F. The van der Waals surface area contributed by atoms with Crippen molar-refractivity contribution in [3.05, 3.63) is 12.2 Å². The molecule has 184 valence electrons. The Labute approximate surface area is 163 Å². The molecule has 0 atom stereocenters. The molecule has 0 amide bonds. The van der Waals surface area contributed by atoms with E-state index in [1.165, 1.54) is 0 Å². The molecule has 0 unspecified atom stereocenters. The average Bonchev–Trinajstić information content (AvgIpc) is 2.51. The van der Waals surface area contributed by atoms with Crippen LogP contribution in [0, 0.1) is 0 Å². The number of halogens is 15. The molecule has 0 heterocycles. The molecule has 0 fully saturated rings. The molecule has 0 saturated carbocycles. The van der Waals surface area contributed by atoms with Crippen molar-refractivity contribution in [3.8, 4) is 0 Å². The lowest BCUT2D eigenvalue weighted by Crippen LogP contribution is -2.70. The van der Waals surface area contributed by atoms with Crippen LogP contribution >= 0.6 is 0 Å². The molecule has 0 aromatic carbocycles. The van der Waals surface area contributed by atoms with Crippen LogP contribution in [0.1, 0.15) is 19.8 Å². The van der Waals surface area contributed by atoms with Crippen LogP contribution in [-0.4, -0.2) is 54.3 Å². The number of ether oxygens (including phenoxy) is 1. The molecule has 0 aromatic heterocycles. The smallest absolute Gasteiger partial charge is 0.460 e. The molecule has 0 bridgehead atoms. The van der Waals surface area contributed by atoms with Crippen LogP contribution in [0.25, 0.3) is 0 Å². The van der Waals surface area contributed by atoms with E-state index in [1.54, 1.807) is 0 Å². The standard InChI is InChI=1S/C14H11F15O2/c1-6(2)7(30)31-4-3-8(15,16)5-9(17,18)10(19,20)11(21,22)12(23,24)13(25,26)14(27,28)29/h1,3-5H2,2H3. The maximum Gasteiger partial charge on any atom is 0.460 e. The third-order valence-corrected chi connectivity index (χ3v) is 3.53. The molecule has 2 nitrogen and oxygen atoms in total. The van der Waals surface area contributed by atoms with E-state index in [9.17, 15) is 70.7 Å². The van der Waals surface area contributed by atoms with Crippen LogP contribution in [0.15, 0.2) is 12.2 Å². The van der Waals surface area contributed by atoms with Gasteiger partial charge in [0.15, 0.2) is 0 Å². The van der Waals surface area contributed by atoms with Crippen molar-refractivity contribution in [2.45, 2.75) is 61.5 Å². The second kappa shape index (κ2) is 8.26. The third kappa shape index (κ3) is 5.32. The highest BCUT2D eigenvalue weighted by Crippen LogP contribution is 2.61. The highest BCUT2D eigenvalue weighted by atomic mass is 19.4. The summed E-state index contributed by atoms with van der Waals surface area (Å²) in [6, 6.07) is 0. The predicted molar refractivity (Wildman–Crippen MR) is 70.7 cm³/mol. The zero-order chi connectivity index (χ0) is 25.5. The quantitative estimate of drug-likeness (QED) is 0.203. The summed E-state index contributed by atoms with van der Waals surface area (Å²) in [5, 5.41) is 0. The van der Waals surface area contributed by atoms with Gasteiger partial charge in [-0.05, 0) is 6.92 Å². The number of carbonyl (C=O) groups is 1. The minimum Gasteiger partial charge on any atom is -0.462 e. The third-order valence-electron chi connectivity index (χ3n) is 3.53. The Morgan fingerprint density at radius 3 is 1.45 bits per heavy atom. The van der Waals surface area contributed by atoms with Crippen molar-refractivity contribution < 1.29 is 75.4 Å². The Morgan fingerprint density at radius 1 is 0.710 bits per heavy atom. The van der Waals surface area contributed by atoms with E-state index in [4.69, 9.17) is 0 Å². The first-order valence-electron chi connectivity index (χ1n) is 7.45. The molecular weight excluding hydrogens is 485 g/mol. The maximum atomic E-state index is 13.4. The van der Waals surface area contributed by atoms with Gasteiger partial charge >= 0.3 is 41.8 Å². The zero-order valence-corrected chi connectivity index (χ0v) is 14.8. The molecule has 31 heavy (non-hydrogen) atoms. The van der Waals surface area contributed by atoms with Crippen LogP contribution in [0.3, 0.4) is 0 Å². The lowest BCUT2D eigenvalue weighted by molar-refractivity contribution is -0.442. The molecular formula is C14H11F15O2. The number of alkyl halides is 15. The summed E-state index contributed by atoms with van der Waals surface area (Å²) in [6.07, 6.45) is -13.3. The fourth-order valence-corrected chi connectivity index (χ4v) is 1.74. The number of carbonyl (C=O) groups excluding carboxylic acids is 1. The van der Waals surface area contributed by atoms with E-state index in [2.05, 4.69) is 11.3 Å². The van der Waals surface area contributed by atoms with Gasteiger partial charge in [0, 0.05) is 12.0 Å². The number of hydrogen-bond donors (Lipinski definition) is 0. The van der Waals surface area contributed by atoms with Gasteiger partial charge in [-0.1, -0.05) is 6.58 Å². The minimum atomic E-state index is -8.17. The van der Waals surface area contributed by atoms with Gasteiger partial charge in [0.1, 0.15) is 0 Å². The molecule has 0 saturated heterocycles. The lowest BCUT2D eigenvalue weighted by atomic mass is 9.91. The van der Waals surface area contributed by atoms with Crippen molar-refractivity contribution in [3.63, 3.8) is 0 Å². The lowest BCUT2D eigenvalue weighted by Gasteiger charge is -2.40. The van der Waals surface area contributed by atoms with Gasteiger partial charge in [-0.25, -0.2) is 13.6 Å². The second-order valence-corrected chi connectivity index (χ2v) is 6.20. The second-order valence-electron chi connectivity index (χ2n) is 6.20. The van der Waals surface area contributed by atoms with Crippen LogP contribution in [0.2, 0.25) is 0 Å². The summed E-state index contributed by atoms with van der Waals surface area (Å²) in [7, 11) is 0. The van der Waals surface area contributed by atoms with Crippen molar-refractivity contribution >= 4 is 5.97 Å². The van der Waals surface area contributed by atoms with Crippen LogP contribution < -0.4 is 0 Å². The van der Waals surface area contributed by atoms with E-state index in [1.807, 2.05) is 0 Å². The van der Waals surface area contributed by atoms with E-state index in [0.29, 0.717) is 0 Å². The fourth-order valence-electron chi connectivity index (χ4n) is 1.74. The van der Waals surface area contributed by atoms with Gasteiger partial charge in [-0.15, -0.1) is 0 Å². The highest BCUT2D eigenvalue weighted by molar-refractivity contribution is 5.86. The van der Waals surface area contributed by atoms with Gasteiger partial charge < -0.3 is 4.74 Å². The van der Waals surface area contributed by atoms with E-state index < -0.39 is 72.7 Å². The van der Waals surface area contributed by atoms with Gasteiger partial charge in [-0.2, -0.15) is 57.1 Å². The van der Waals surface area contributed by atoms with Crippen LogP contribution in [-0.2, 0) is 9.53 Å². The summed E-state index contributed by atoms with van der Waals surface area (Å²) in [6.45, 7) is 2.48. The number of hydrogen-bond acceptors (Lipinski definition) is 2. The van der Waals surface area contributed by atoms with Crippen molar-refractivity contribution in [2.24, 2.45) is 0 Å². The molecule has 0 N–H and O–H groups in total. The maximum absolute atomic E-state index is 13.4. The monoisotopic (exact) mass is 496 g/mol. The molecule has 0 aliphatic heterocycles. The Morgan fingerprint density at radius 2 is 1.10 bits per heavy atom. The van der Waals surface area contributed by atoms with Gasteiger partial charge in [0.05, 0.1) is 13.0 Å². The van der Waals surface area contributed by atoms with Crippen molar-refractivity contribution in [2.75, 3.05) is 6.61 Å². The summed E-state index contributed by atoms with van der Waals surface area (Å²) in [5.74, 6) is -45.5. The summed E-state index contributed by atoms with van der Waals surface area (Å²) >= 11 is 0. The Hall–Kier alpha value is -1.84. The largest absolute Gasteiger partial charge is 0.462 e. The topological polar surface area (TPSA) is 26.3 Å². The van der Waals surface area contributed by atoms with E-state index in [-0.39, 0.29) is 0 Å². The Bertz CT molecular complexity index is 678. The summed E-state index contributed by atoms with van der Waals surface area (Å²) in [5.41, 5.74) is -0.396. The highest BCUT2D eigenvalue weighted by Gasteiger charge is 2.90. The van der Waals surface area contributed by atoms with Gasteiger partial charge in [-0.3, -0.25) is 0 Å². The summed E-state index contributed by atoms with van der Waals surface area (Å²) in [4.78, 5) is 10.9. The fraction of sp³-hybridized carbons (Fsp3) is 0.786.